The molecule has 14 heteroatoms. The molecule has 1 unspecified atom stereocenters. The van der Waals surface area contributed by atoms with Crippen LogP contribution in [0.5, 0.6) is 0 Å². The topological polar surface area (TPSA) is 113 Å². The van der Waals surface area contributed by atoms with Crippen LogP contribution in [0.4, 0.5) is 22.0 Å². The van der Waals surface area contributed by atoms with Gasteiger partial charge < -0.3 is 4.90 Å². The van der Waals surface area contributed by atoms with Crippen LogP contribution in [0.3, 0.4) is 0 Å². The lowest BCUT2D eigenvalue weighted by Crippen LogP contribution is -2.39. The Hall–Kier alpha value is -4.64. The molecule has 0 saturated heterocycles. The molecule has 0 aliphatic heterocycles. The summed E-state index contributed by atoms with van der Waals surface area (Å²) in [7, 11) is -3.64. The average molecular weight is 633 g/mol. The van der Waals surface area contributed by atoms with E-state index in [0.29, 0.717) is 12.1 Å². The van der Waals surface area contributed by atoms with Crippen LogP contribution in [0.15, 0.2) is 65.6 Å². The third-order valence-corrected chi connectivity index (χ3v) is 8.76. The molecule has 0 aliphatic carbocycles. The number of amides is 1. The van der Waals surface area contributed by atoms with Crippen LogP contribution < -0.4 is 5.56 Å². The lowest BCUT2D eigenvalue weighted by atomic mass is 9.99. The summed E-state index contributed by atoms with van der Waals surface area (Å²) in [4.78, 5) is 33.0. The molecule has 44 heavy (non-hydrogen) atoms. The lowest BCUT2D eigenvalue weighted by molar-refractivity contribution is -0.140. The SMILES string of the molecule is CCS(=O)(=O)CCN(C(=O)Cc1ccc(F)c(C(F)(F)F)c1)C(C)c1nc2ccc(F)cn2c(=O)c1-c1ccc(C#N)cc1. The zero-order chi connectivity index (χ0) is 32.4. The number of pyridine rings is 1. The van der Waals surface area contributed by atoms with Crippen molar-refractivity contribution in [2.45, 2.75) is 32.5 Å². The first-order valence-corrected chi connectivity index (χ1v) is 15.0. The van der Waals surface area contributed by atoms with E-state index < -0.39 is 69.4 Å². The molecule has 0 bridgehead atoms. The number of nitriles is 1. The smallest absolute Gasteiger partial charge is 0.333 e. The molecule has 0 N–H and O–H groups in total. The number of hydrogen-bond donors (Lipinski definition) is 0. The number of halogens is 5. The molecular weight excluding hydrogens is 607 g/mol. The van der Waals surface area contributed by atoms with Crippen molar-refractivity contribution in [3.63, 3.8) is 0 Å². The standard InChI is InChI=1S/C30H25F5N4O4S/c1-3-44(42,43)13-12-38(26(40)15-20-6-10-24(32)23(14-20)30(33,34)35)18(2)28-27(21-7-4-19(16-36)5-8-21)29(41)39-17-22(31)9-11-25(39)37-28/h4-11,14,17-18H,3,12-13,15H2,1-2H3. The van der Waals surface area contributed by atoms with E-state index >= 15 is 0 Å². The van der Waals surface area contributed by atoms with Gasteiger partial charge in [-0.2, -0.15) is 18.4 Å². The van der Waals surface area contributed by atoms with Gasteiger partial charge in [-0.05, 0) is 54.4 Å². The highest BCUT2D eigenvalue weighted by Gasteiger charge is 2.35. The van der Waals surface area contributed by atoms with Crippen molar-refractivity contribution in [1.82, 2.24) is 14.3 Å². The van der Waals surface area contributed by atoms with E-state index in [1.54, 1.807) is 0 Å². The van der Waals surface area contributed by atoms with Gasteiger partial charge in [-0.1, -0.05) is 25.1 Å². The highest BCUT2D eigenvalue weighted by molar-refractivity contribution is 7.91. The van der Waals surface area contributed by atoms with Crippen LogP contribution >= 0.6 is 0 Å². The summed E-state index contributed by atoms with van der Waals surface area (Å²) in [6.07, 6.45) is -4.74. The summed E-state index contributed by atoms with van der Waals surface area (Å²) >= 11 is 0. The second-order valence-corrected chi connectivity index (χ2v) is 12.4. The van der Waals surface area contributed by atoms with Gasteiger partial charge in [0, 0.05) is 18.5 Å². The second kappa shape index (κ2) is 12.5. The van der Waals surface area contributed by atoms with Gasteiger partial charge in [0.15, 0.2) is 9.84 Å². The molecule has 1 atom stereocenters. The highest BCUT2D eigenvalue weighted by Crippen LogP contribution is 2.33. The van der Waals surface area contributed by atoms with Crippen LogP contribution in [-0.2, 0) is 27.2 Å². The first-order chi connectivity index (χ1) is 20.6. The van der Waals surface area contributed by atoms with E-state index in [-0.39, 0.29) is 39.3 Å². The van der Waals surface area contributed by atoms with Gasteiger partial charge in [-0.25, -0.2) is 22.2 Å². The summed E-state index contributed by atoms with van der Waals surface area (Å²) in [5.74, 6) is -3.80. The summed E-state index contributed by atoms with van der Waals surface area (Å²) in [5.41, 5.74) is -1.96. The zero-order valence-corrected chi connectivity index (χ0v) is 24.2. The molecular formula is C30H25F5N4O4S. The maximum absolute atomic E-state index is 14.1. The van der Waals surface area contributed by atoms with Crippen molar-refractivity contribution in [2.24, 2.45) is 0 Å². The highest BCUT2D eigenvalue weighted by atomic mass is 32.2. The van der Waals surface area contributed by atoms with Gasteiger partial charge in [0.1, 0.15) is 17.3 Å². The number of fused-ring (bicyclic) bond motifs is 1. The molecule has 0 saturated carbocycles. The van der Waals surface area contributed by atoms with E-state index in [2.05, 4.69) is 4.98 Å². The molecule has 4 aromatic rings. The molecule has 1 amide bonds. The molecule has 2 heterocycles. The summed E-state index contributed by atoms with van der Waals surface area (Å²) < 4.78 is 93.7. The van der Waals surface area contributed by atoms with E-state index in [1.165, 1.54) is 44.2 Å². The number of alkyl halides is 3. The maximum Gasteiger partial charge on any atom is 0.419 e. The summed E-state index contributed by atoms with van der Waals surface area (Å²) in [5, 5.41) is 9.20. The van der Waals surface area contributed by atoms with Crippen molar-refractivity contribution in [1.29, 1.82) is 5.26 Å². The molecule has 0 aliphatic rings. The number of hydrogen-bond acceptors (Lipinski definition) is 6. The van der Waals surface area contributed by atoms with Crippen molar-refractivity contribution < 1.29 is 35.2 Å². The van der Waals surface area contributed by atoms with Crippen molar-refractivity contribution >= 4 is 21.4 Å². The first kappa shape index (κ1) is 32.3. The van der Waals surface area contributed by atoms with Crippen molar-refractivity contribution in [2.75, 3.05) is 18.1 Å². The minimum Gasteiger partial charge on any atom is -0.333 e. The fourth-order valence-corrected chi connectivity index (χ4v) is 5.42. The molecule has 2 aromatic carbocycles. The van der Waals surface area contributed by atoms with Crippen LogP contribution in [0.25, 0.3) is 16.8 Å². The van der Waals surface area contributed by atoms with Crippen LogP contribution in [0, 0.1) is 23.0 Å². The Morgan fingerprint density at radius 2 is 1.77 bits per heavy atom. The predicted molar refractivity (Wildman–Crippen MR) is 151 cm³/mol. The van der Waals surface area contributed by atoms with E-state index in [0.717, 1.165) is 27.6 Å². The molecule has 0 radical (unpaired) electrons. The quantitative estimate of drug-likeness (QED) is 0.238. The molecule has 4 rings (SSSR count). The Morgan fingerprint density at radius 1 is 1.09 bits per heavy atom. The van der Waals surface area contributed by atoms with Gasteiger partial charge in [0.25, 0.3) is 5.56 Å². The number of benzene rings is 2. The Labute approximate surface area is 248 Å². The van der Waals surface area contributed by atoms with Crippen molar-refractivity contribution in [3.05, 3.63) is 105 Å². The normalized spacial score (nSPS) is 12.6. The lowest BCUT2D eigenvalue weighted by Gasteiger charge is -2.30. The fourth-order valence-electron chi connectivity index (χ4n) is 4.65. The van der Waals surface area contributed by atoms with Gasteiger partial charge >= 0.3 is 6.18 Å². The number of nitrogens with zero attached hydrogens (tertiary/aromatic N) is 4. The van der Waals surface area contributed by atoms with Gasteiger partial charge in [-0.15, -0.1) is 0 Å². The second-order valence-electron chi connectivity index (χ2n) is 9.93. The van der Waals surface area contributed by atoms with Crippen LogP contribution in [0.1, 0.15) is 42.3 Å². The Bertz CT molecular complexity index is 1930. The van der Waals surface area contributed by atoms with E-state index in [4.69, 9.17) is 0 Å². The maximum atomic E-state index is 14.1. The van der Waals surface area contributed by atoms with Crippen molar-refractivity contribution in [3.8, 4) is 17.2 Å². The fraction of sp³-hybridized carbons (Fsp3) is 0.267. The first-order valence-electron chi connectivity index (χ1n) is 13.2. The minimum atomic E-state index is -5.02. The third-order valence-electron chi connectivity index (χ3n) is 7.08. The average Bonchev–Trinajstić information content (AvgIpc) is 2.97. The number of sulfone groups is 1. The summed E-state index contributed by atoms with van der Waals surface area (Å²) in [6, 6.07) is 11.1. The third kappa shape index (κ3) is 6.94. The summed E-state index contributed by atoms with van der Waals surface area (Å²) in [6.45, 7) is 2.48. The zero-order valence-electron chi connectivity index (χ0n) is 23.4. The van der Waals surface area contributed by atoms with Crippen LogP contribution in [-0.4, -0.2) is 46.7 Å². The molecule has 0 fully saturated rings. The van der Waals surface area contributed by atoms with Crippen LogP contribution in [0.2, 0.25) is 0 Å². The Morgan fingerprint density at radius 3 is 2.39 bits per heavy atom. The largest absolute Gasteiger partial charge is 0.419 e. The molecule has 230 valence electrons. The molecule has 8 nitrogen and oxygen atoms in total. The number of rotatable bonds is 9. The van der Waals surface area contributed by atoms with Gasteiger partial charge in [-0.3, -0.25) is 14.0 Å². The predicted octanol–water partition coefficient (Wildman–Crippen LogP) is 5.10. The number of carbonyl (C=O) groups is 1. The van der Waals surface area contributed by atoms with Gasteiger partial charge in [0.2, 0.25) is 5.91 Å². The molecule has 0 spiro atoms. The van der Waals surface area contributed by atoms with E-state index in [9.17, 15) is 45.2 Å². The Balaban J connectivity index is 1.86. The number of carbonyl (C=O) groups excluding carboxylic acids is 1. The molecule has 2 aromatic heterocycles. The minimum absolute atomic E-state index is 0.00338. The monoisotopic (exact) mass is 632 g/mol. The Kier molecular flexibility index (Phi) is 9.19. The van der Waals surface area contributed by atoms with Gasteiger partial charge in [0.05, 0.1) is 46.7 Å². The van der Waals surface area contributed by atoms with E-state index in [1.807, 2.05) is 6.07 Å². The number of aromatic nitrogens is 2.